The fourth-order valence-corrected chi connectivity index (χ4v) is 6.30. The standard InChI is InChI=1S/C31H27Cl2N5O2S/c1-4-14-37-15-13-36-31(37)30-27(24-10-7-22(32)17-25(24)33)28(34)29(41-30)21-11-12-35-26(16-21)38(19(2)39)18-20-5-8-23(40-3)9-6-20/h4-13,15-17H,1,14,18,34H2,2-3H3. The van der Waals surface area contributed by atoms with E-state index in [4.69, 9.17) is 33.7 Å². The van der Waals surface area contributed by atoms with Crippen LogP contribution in [0.15, 0.2) is 85.8 Å². The summed E-state index contributed by atoms with van der Waals surface area (Å²) in [5.74, 6) is 1.87. The summed E-state index contributed by atoms with van der Waals surface area (Å²) < 4.78 is 7.26. The Morgan fingerprint density at radius 2 is 1.88 bits per heavy atom. The molecule has 5 aromatic rings. The van der Waals surface area contributed by atoms with Crippen LogP contribution in [-0.4, -0.2) is 27.6 Å². The number of carbonyl (C=O) groups excluding carboxylic acids is 1. The Morgan fingerprint density at radius 3 is 2.56 bits per heavy atom. The van der Waals surface area contributed by atoms with Gasteiger partial charge in [0.2, 0.25) is 5.91 Å². The zero-order valence-corrected chi connectivity index (χ0v) is 24.8. The Morgan fingerprint density at radius 1 is 1.10 bits per heavy atom. The summed E-state index contributed by atoms with van der Waals surface area (Å²) in [6.07, 6.45) is 7.14. The molecule has 7 nitrogen and oxygen atoms in total. The van der Waals surface area contributed by atoms with Gasteiger partial charge in [-0.25, -0.2) is 9.97 Å². The molecule has 0 atom stereocenters. The van der Waals surface area contributed by atoms with Crippen LogP contribution in [-0.2, 0) is 17.9 Å². The number of imidazole rings is 1. The molecule has 10 heteroatoms. The molecule has 0 aliphatic rings. The van der Waals surface area contributed by atoms with Crippen LogP contribution < -0.4 is 15.4 Å². The van der Waals surface area contributed by atoms with Crippen molar-refractivity contribution in [1.82, 2.24) is 14.5 Å². The molecular weight excluding hydrogens is 577 g/mol. The van der Waals surface area contributed by atoms with Gasteiger partial charge < -0.3 is 15.0 Å². The topological polar surface area (TPSA) is 86.3 Å². The van der Waals surface area contributed by atoms with Crippen molar-refractivity contribution >= 4 is 52.0 Å². The highest BCUT2D eigenvalue weighted by molar-refractivity contribution is 7.20. The van der Waals surface area contributed by atoms with E-state index >= 15 is 0 Å². The number of benzene rings is 2. The number of anilines is 2. The maximum atomic E-state index is 12.7. The van der Waals surface area contributed by atoms with Gasteiger partial charge in [-0.2, -0.15) is 0 Å². The fourth-order valence-electron chi connectivity index (χ4n) is 4.55. The number of allylic oxidation sites excluding steroid dienone is 1. The molecule has 2 N–H and O–H groups in total. The predicted octanol–water partition coefficient (Wildman–Crippen LogP) is 7.98. The first-order valence-electron chi connectivity index (χ1n) is 12.7. The van der Waals surface area contributed by atoms with E-state index in [9.17, 15) is 4.79 Å². The molecule has 0 saturated heterocycles. The third kappa shape index (κ3) is 5.86. The maximum Gasteiger partial charge on any atom is 0.225 e. The number of halogens is 2. The summed E-state index contributed by atoms with van der Waals surface area (Å²) >= 11 is 14.4. The molecule has 0 saturated carbocycles. The van der Waals surface area contributed by atoms with Crippen LogP contribution in [0.1, 0.15) is 12.5 Å². The van der Waals surface area contributed by atoms with Crippen molar-refractivity contribution in [3.8, 4) is 38.0 Å². The quantitative estimate of drug-likeness (QED) is 0.173. The minimum absolute atomic E-state index is 0.134. The summed E-state index contributed by atoms with van der Waals surface area (Å²) in [6.45, 7) is 6.33. The smallest absolute Gasteiger partial charge is 0.225 e. The third-order valence-electron chi connectivity index (χ3n) is 6.55. The molecule has 0 spiro atoms. The Hall–Kier alpha value is -4.11. The van der Waals surface area contributed by atoms with Crippen LogP contribution in [0.25, 0.3) is 32.3 Å². The molecule has 2 aromatic carbocycles. The number of carbonyl (C=O) groups is 1. The van der Waals surface area contributed by atoms with E-state index in [-0.39, 0.29) is 5.91 Å². The van der Waals surface area contributed by atoms with Crippen molar-refractivity contribution in [3.05, 3.63) is 101 Å². The van der Waals surface area contributed by atoms with Crippen molar-refractivity contribution in [1.29, 1.82) is 0 Å². The summed E-state index contributed by atoms with van der Waals surface area (Å²) in [6, 6.07) is 16.7. The van der Waals surface area contributed by atoms with E-state index in [1.807, 2.05) is 59.3 Å². The van der Waals surface area contributed by atoms with Gasteiger partial charge in [-0.3, -0.25) is 9.69 Å². The van der Waals surface area contributed by atoms with E-state index < -0.39 is 0 Å². The minimum Gasteiger partial charge on any atom is -0.497 e. The number of hydrogen-bond donors (Lipinski definition) is 1. The number of aromatic nitrogens is 3. The minimum atomic E-state index is -0.134. The van der Waals surface area contributed by atoms with E-state index in [2.05, 4.69) is 16.5 Å². The molecule has 3 heterocycles. The Balaban J connectivity index is 1.62. The lowest BCUT2D eigenvalue weighted by Crippen LogP contribution is -2.28. The number of ether oxygens (including phenoxy) is 1. The molecule has 41 heavy (non-hydrogen) atoms. The first kappa shape index (κ1) is 28.4. The molecular formula is C31H27Cl2N5O2S. The zero-order valence-electron chi connectivity index (χ0n) is 22.5. The van der Waals surface area contributed by atoms with Gasteiger partial charge in [0.25, 0.3) is 0 Å². The maximum absolute atomic E-state index is 12.7. The Labute approximate surface area is 252 Å². The second-order valence-corrected chi connectivity index (χ2v) is 11.1. The average molecular weight is 605 g/mol. The van der Waals surface area contributed by atoms with Gasteiger partial charge in [-0.15, -0.1) is 17.9 Å². The Kier molecular flexibility index (Phi) is 8.44. The number of pyridine rings is 1. The van der Waals surface area contributed by atoms with E-state index in [0.717, 1.165) is 43.6 Å². The SMILES string of the molecule is C=CCn1ccnc1-c1sc(-c2ccnc(N(Cc3ccc(OC)cc3)C(C)=O)c2)c(N)c1-c1ccc(Cl)cc1Cl. The summed E-state index contributed by atoms with van der Waals surface area (Å²) in [4.78, 5) is 25.2. The third-order valence-corrected chi connectivity index (χ3v) is 8.35. The monoisotopic (exact) mass is 603 g/mol. The molecule has 0 bridgehead atoms. The molecule has 3 aromatic heterocycles. The molecule has 0 aliphatic heterocycles. The summed E-state index contributed by atoms with van der Waals surface area (Å²) in [5, 5.41) is 1.01. The highest BCUT2D eigenvalue weighted by atomic mass is 35.5. The second kappa shape index (κ2) is 12.2. The van der Waals surface area contributed by atoms with Crippen molar-refractivity contribution in [2.75, 3.05) is 17.7 Å². The number of hydrogen-bond acceptors (Lipinski definition) is 6. The second-order valence-electron chi connectivity index (χ2n) is 9.22. The number of methoxy groups -OCH3 is 1. The van der Waals surface area contributed by atoms with Gasteiger partial charge in [0, 0.05) is 48.2 Å². The van der Waals surface area contributed by atoms with Crippen LogP contribution in [0.4, 0.5) is 11.5 Å². The number of nitrogens with two attached hydrogens (primary N) is 1. The molecule has 208 valence electrons. The lowest BCUT2D eigenvalue weighted by atomic mass is 10.0. The molecule has 0 aliphatic carbocycles. The number of nitrogen functional groups attached to an aromatic ring is 1. The number of thiophene rings is 1. The predicted molar refractivity (Wildman–Crippen MR) is 169 cm³/mol. The van der Waals surface area contributed by atoms with Crippen molar-refractivity contribution < 1.29 is 9.53 Å². The first-order valence-corrected chi connectivity index (χ1v) is 14.3. The van der Waals surface area contributed by atoms with Crippen LogP contribution in [0.3, 0.4) is 0 Å². The zero-order chi connectivity index (χ0) is 29.1. The normalized spacial score (nSPS) is 10.9. The lowest BCUT2D eigenvalue weighted by Gasteiger charge is -2.21. The van der Waals surface area contributed by atoms with Gasteiger partial charge in [-0.05, 0) is 47.5 Å². The average Bonchev–Trinajstić information content (AvgIpc) is 3.56. The van der Waals surface area contributed by atoms with Crippen molar-refractivity contribution in [2.24, 2.45) is 0 Å². The highest BCUT2D eigenvalue weighted by Gasteiger charge is 2.25. The van der Waals surface area contributed by atoms with E-state index in [0.29, 0.717) is 34.6 Å². The van der Waals surface area contributed by atoms with Gasteiger partial charge in [0.15, 0.2) is 5.82 Å². The fraction of sp³-hybridized carbons (Fsp3) is 0.129. The van der Waals surface area contributed by atoms with Crippen LogP contribution in [0.5, 0.6) is 5.75 Å². The van der Waals surface area contributed by atoms with Crippen LogP contribution in [0.2, 0.25) is 10.0 Å². The molecule has 0 unspecified atom stereocenters. The van der Waals surface area contributed by atoms with Gasteiger partial charge in [-0.1, -0.05) is 47.5 Å². The lowest BCUT2D eigenvalue weighted by molar-refractivity contribution is -0.116. The summed E-state index contributed by atoms with van der Waals surface area (Å²) in [7, 11) is 1.62. The number of nitrogens with zero attached hydrogens (tertiary/aromatic N) is 4. The summed E-state index contributed by atoms with van der Waals surface area (Å²) in [5.41, 5.74) is 10.7. The molecule has 1 amide bonds. The highest BCUT2D eigenvalue weighted by Crippen LogP contribution is 2.50. The van der Waals surface area contributed by atoms with E-state index in [1.165, 1.54) is 18.3 Å². The first-order chi connectivity index (χ1) is 19.8. The van der Waals surface area contributed by atoms with E-state index in [1.54, 1.807) is 36.5 Å². The van der Waals surface area contributed by atoms with Crippen LogP contribution in [0, 0.1) is 0 Å². The number of rotatable bonds is 9. The largest absolute Gasteiger partial charge is 0.497 e. The molecule has 0 fully saturated rings. The van der Waals surface area contributed by atoms with Crippen molar-refractivity contribution in [3.63, 3.8) is 0 Å². The Bertz CT molecular complexity index is 1730. The number of amides is 1. The van der Waals surface area contributed by atoms with Gasteiger partial charge in [0.1, 0.15) is 11.6 Å². The van der Waals surface area contributed by atoms with Crippen LogP contribution >= 0.6 is 34.5 Å². The van der Waals surface area contributed by atoms with Gasteiger partial charge >= 0.3 is 0 Å². The molecule has 5 rings (SSSR count). The van der Waals surface area contributed by atoms with Gasteiger partial charge in [0.05, 0.1) is 34.1 Å². The molecule has 0 radical (unpaired) electrons. The van der Waals surface area contributed by atoms with Crippen molar-refractivity contribution in [2.45, 2.75) is 20.0 Å².